The van der Waals surface area contributed by atoms with E-state index in [-0.39, 0.29) is 6.61 Å². The third-order valence-corrected chi connectivity index (χ3v) is 4.80. The molecular weight excluding hydrogens is 238 g/mol. The Morgan fingerprint density at radius 2 is 2.00 bits per heavy atom. The molecule has 1 fully saturated rings. The van der Waals surface area contributed by atoms with Crippen LogP contribution in [0.4, 0.5) is 0 Å². The SMILES string of the molecule is OCC1CCCCC1NC1CCc2c(O)cccc21. The van der Waals surface area contributed by atoms with Gasteiger partial charge in [-0.25, -0.2) is 0 Å². The molecule has 0 radical (unpaired) electrons. The Morgan fingerprint density at radius 3 is 2.84 bits per heavy atom. The largest absolute Gasteiger partial charge is 0.508 e. The molecule has 2 aliphatic carbocycles. The first kappa shape index (κ1) is 12.9. The number of rotatable bonds is 3. The maximum atomic E-state index is 9.89. The molecule has 0 bridgehead atoms. The van der Waals surface area contributed by atoms with Gasteiger partial charge in [-0.2, -0.15) is 0 Å². The molecule has 0 spiro atoms. The van der Waals surface area contributed by atoms with E-state index in [0.29, 0.717) is 23.8 Å². The second-order valence-corrected chi connectivity index (χ2v) is 5.94. The molecule has 2 aliphatic rings. The van der Waals surface area contributed by atoms with E-state index in [1.165, 1.54) is 18.4 Å². The summed E-state index contributed by atoms with van der Waals surface area (Å²) < 4.78 is 0. The molecule has 3 N–H and O–H groups in total. The van der Waals surface area contributed by atoms with Crippen LogP contribution >= 0.6 is 0 Å². The Kier molecular flexibility index (Phi) is 3.76. The highest BCUT2D eigenvalue weighted by Gasteiger charge is 2.30. The Balaban J connectivity index is 1.73. The van der Waals surface area contributed by atoms with Crippen molar-refractivity contribution in [3.05, 3.63) is 29.3 Å². The Bertz CT molecular complexity index is 446. The third kappa shape index (κ3) is 2.49. The van der Waals surface area contributed by atoms with Crippen molar-refractivity contribution in [3.63, 3.8) is 0 Å². The molecule has 1 aromatic rings. The number of phenols is 1. The Hall–Kier alpha value is -1.06. The number of aliphatic hydroxyl groups excluding tert-OH is 1. The first-order chi connectivity index (χ1) is 9.29. The van der Waals surface area contributed by atoms with Crippen molar-refractivity contribution in [1.29, 1.82) is 0 Å². The van der Waals surface area contributed by atoms with E-state index < -0.39 is 0 Å². The van der Waals surface area contributed by atoms with E-state index in [9.17, 15) is 10.2 Å². The van der Waals surface area contributed by atoms with Crippen molar-refractivity contribution in [3.8, 4) is 5.75 Å². The summed E-state index contributed by atoms with van der Waals surface area (Å²) in [5.41, 5.74) is 2.36. The lowest BCUT2D eigenvalue weighted by Crippen LogP contribution is -2.41. The number of hydrogen-bond acceptors (Lipinski definition) is 3. The van der Waals surface area contributed by atoms with Crippen LogP contribution in [0.1, 0.15) is 49.3 Å². The molecule has 104 valence electrons. The van der Waals surface area contributed by atoms with Gasteiger partial charge >= 0.3 is 0 Å². The lowest BCUT2D eigenvalue weighted by molar-refractivity contribution is 0.145. The summed E-state index contributed by atoms with van der Waals surface area (Å²) in [7, 11) is 0. The molecule has 3 heteroatoms. The van der Waals surface area contributed by atoms with Crippen LogP contribution in [0.15, 0.2) is 18.2 Å². The van der Waals surface area contributed by atoms with Crippen LogP contribution in [0.25, 0.3) is 0 Å². The van der Waals surface area contributed by atoms with Crippen molar-refractivity contribution in [2.75, 3.05) is 6.61 Å². The van der Waals surface area contributed by atoms with Gasteiger partial charge in [-0.15, -0.1) is 0 Å². The zero-order valence-electron chi connectivity index (χ0n) is 11.3. The molecule has 3 nitrogen and oxygen atoms in total. The molecule has 0 heterocycles. The van der Waals surface area contributed by atoms with Crippen molar-refractivity contribution >= 4 is 0 Å². The summed E-state index contributed by atoms with van der Waals surface area (Å²) in [6.07, 6.45) is 6.81. The van der Waals surface area contributed by atoms with E-state index in [2.05, 4.69) is 11.4 Å². The van der Waals surface area contributed by atoms with Crippen LogP contribution in [0.2, 0.25) is 0 Å². The van der Waals surface area contributed by atoms with Gasteiger partial charge in [0.25, 0.3) is 0 Å². The van der Waals surface area contributed by atoms with Crippen LogP contribution in [-0.2, 0) is 6.42 Å². The van der Waals surface area contributed by atoms with Gasteiger partial charge in [0.1, 0.15) is 5.75 Å². The van der Waals surface area contributed by atoms with Crippen molar-refractivity contribution in [2.45, 2.75) is 50.6 Å². The Labute approximate surface area is 114 Å². The molecule has 1 aromatic carbocycles. The van der Waals surface area contributed by atoms with Gasteiger partial charge in [-0.05, 0) is 48.8 Å². The summed E-state index contributed by atoms with van der Waals surface area (Å²) >= 11 is 0. The minimum Gasteiger partial charge on any atom is -0.508 e. The highest BCUT2D eigenvalue weighted by Crippen LogP contribution is 2.37. The molecule has 3 rings (SSSR count). The topological polar surface area (TPSA) is 52.5 Å². The minimum atomic E-state index is 0.289. The fourth-order valence-electron chi connectivity index (χ4n) is 3.71. The second kappa shape index (κ2) is 5.51. The smallest absolute Gasteiger partial charge is 0.119 e. The summed E-state index contributed by atoms with van der Waals surface area (Å²) in [4.78, 5) is 0. The third-order valence-electron chi connectivity index (χ3n) is 4.80. The molecule has 0 aromatic heterocycles. The van der Waals surface area contributed by atoms with E-state index >= 15 is 0 Å². The number of aromatic hydroxyl groups is 1. The number of hydrogen-bond donors (Lipinski definition) is 3. The van der Waals surface area contributed by atoms with E-state index in [1.54, 1.807) is 6.07 Å². The van der Waals surface area contributed by atoms with Crippen molar-refractivity contribution in [2.24, 2.45) is 5.92 Å². The highest BCUT2D eigenvalue weighted by atomic mass is 16.3. The van der Waals surface area contributed by atoms with Gasteiger partial charge in [-0.1, -0.05) is 25.0 Å². The number of fused-ring (bicyclic) bond motifs is 1. The molecule has 19 heavy (non-hydrogen) atoms. The summed E-state index contributed by atoms with van der Waals surface area (Å²) in [5, 5.41) is 23.1. The molecule has 3 unspecified atom stereocenters. The fraction of sp³-hybridized carbons (Fsp3) is 0.625. The molecule has 0 aliphatic heterocycles. The monoisotopic (exact) mass is 261 g/mol. The van der Waals surface area contributed by atoms with Gasteiger partial charge in [0.15, 0.2) is 0 Å². The van der Waals surface area contributed by atoms with Gasteiger partial charge in [0.05, 0.1) is 0 Å². The van der Waals surface area contributed by atoms with Crippen LogP contribution in [-0.4, -0.2) is 22.9 Å². The summed E-state index contributed by atoms with van der Waals surface area (Å²) in [5.74, 6) is 0.833. The van der Waals surface area contributed by atoms with Crippen LogP contribution in [0, 0.1) is 5.92 Å². The average molecular weight is 261 g/mol. The molecule has 1 saturated carbocycles. The second-order valence-electron chi connectivity index (χ2n) is 5.94. The predicted molar refractivity (Wildman–Crippen MR) is 75.1 cm³/mol. The van der Waals surface area contributed by atoms with Crippen LogP contribution in [0.3, 0.4) is 0 Å². The van der Waals surface area contributed by atoms with Gasteiger partial charge < -0.3 is 15.5 Å². The minimum absolute atomic E-state index is 0.289. The summed E-state index contributed by atoms with van der Waals surface area (Å²) in [6, 6.07) is 6.60. The number of benzene rings is 1. The normalized spacial score (nSPS) is 30.3. The van der Waals surface area contributed by atoms with E-state index in [0.717, 1.165) is 31.2 Å². The van der Waals surface area contributed by atoms with Crippen molar-refractivity contribution in [1.82, 2.24) is 5.32 Å². The molecule has 3 atom stereocenters. The number of aliphatic hydroxyl groups is 1. The van der Waals surface area contributed by atoms with Crippen LogP contribution < -0.4 is 5.32 Å². The van der Waals surface area contributed by atoms with Gasteiger partial charge in [0, 0.05) is 18.7 Å². The fourth-order valence-corrected chi connectivity index (χ4v) is 3.71. The zero-order chi connectivity index (χ0) is 13.2. The van der Waals surface area contributed by atoms with Crippen molar-refractivity contribution < 1.29 is 10.2 Å². The van der Waals surface area contributed by atoms with Gasteiger partial charge in [-0.3, -0.25) is 0 Å². The lowest BCUT2D eigenvalue weighted by atomic mass is 9.84. The highest BCUT2D eigenvalue weighted by molar-refractivity contribution is 5.44. The molecule has 0 saturated heterocycles. The predicted octanol–water partition coefficient (Wildman–Crippen LogP) is 2.52. The summed E-state index contributed by atoms with van der Waals surface area (Å²) in [6.45, 7) is 0.289. The Morgan fingerprint density at radius 1 is 1.16 bits per heavy atom. The van der Waals surface area contributed by atoms with Gasteiger partial charge in [0.2, 0.25) is 0 Å². The van der Waals surface area contributed by atoms with E-state index in [1.807, 2.05) is 6.07 Å². The quantitative estimate of drug-likeness (QED) is 0.783. The average Bonchev–Trinajstić information content (AvgIpc) is 2.84. The lowest BCUT2D eigenvalue weighted by Gasteiger charge is -2.33. The maximum absolute atomic E-state index is 9.89. The number of phenolic OH excluding ortho intramolecular Hbond substituents is 1. The number of nitrogens with one attached hydrogen (secondary N) is 1. The maximum Gasteiger partial charge on any atom is 0.119 e. The molecular formula is C16H23NO2. The zero-order valence-corrected chi connectivity index (χ0v) is 11.3. The van der Waals surface area contributed by atoms with Crippen LogP contribution in [0.5, 0.6) is 5.75 Å². The van der Waals surface area contributed by atoms with E-state index in [4.69, 9.17) is 0 Å². The molecule has 0 amide bonds. The first-order valence-electron chi connectivity index (χ1n) is 7.47. The standard InChI is InChI=1S/C16H23NO2/c18-10-11-4-1-2-6-14(11)17-15-9-8-13-12(15)5-3-7-16(13)19/h3,5,7,11,14-15,17-19H,1-2,4,6,8-10H2. The first-order valence-corrected chi connectivity index (χ1v) is 7.47.